The van der Waals surface area contributed by atoms with Crippen LogP contribution in [0.3, 0.4) is 0 Å². The number of hydrogen-bond donors (Lipinski definition) is 2. The molecule has 4 heteroatoms. The number of methoxy groups -OCH3 is 2. The predicted molar refractivity (Wildman–Crippen MR) is 88.1 cm³/mol. The van der Waals surface area contributed by atoms with E-state index in [1.807, 2.05) is 6.07 Å². The first-order valence-corrected chi connectivity index (χ1v) is 8.23. The molecule has 1 saturated carbocycles. The van der Waals surface area contributed by atoms with Crippen LogP contribution < -0.4 is 10.1 Å². The van der Waals surface area contributed by atoms with Gasteiger partial charge in [0.2, 0.25) is 0 Å². The van der Waals surface area contributed by atoms with Crippen molar-refractivity contribution in [1.29, 1.82) is 0 Å². The number of ether oxygens (including phenoxy) is 2. The van der Waals surface area contributed by atoms with Gasteiger partial charge in [-0.05, 0) is 43.4 Å². The van der Waals surface area contributed by atoms with E-state index in [9.17, 15) is 5.11 Å². The molecule has 2 N–H and O–H groups in total. The number of aliphatic hydroxyl groups is 1. The standard InChI is InChI=1S/C18H29NO3/c1-13(19-11-17(20)14-6-4-5-7-14)15-8-9-18(22-3)16(10-15)12-21-2/h8-10,13-14,17,19-20H,4-7,11-12H2,1-3H3. The molecule has 1 aromatic carbocycles. The van der Waals surface area contributed by atoms with Crippen LogP contribution in [0.2, 0.25) is 0 Å². The fourth-order valence-corrected chi connectivity index (χ4v) is 3.26. The molecule has 22 heavy (non-hydrogen) atoms. The normalized spacial score (nSPS) is 18.4. The molecule has 2 rings (SSSR count). The molecule has 0 heterocycles. The third-order valence-corrected chi connectivity index (χ3v) is 4.68. The quantitative estimate of drug-likeness (QED) is 0.775. The zero-order valence-corrected chi connectivity index (χ0v) is 14.0. The molecular weight excluding hydrogens is 278 g/mol. The molecular formula is C18H29NO3. The van der Waals surface area contributed by atoms with Gasteiger partial charge in [0.05, 0.1) is 19.8 Å². The van der Waals surface area contributed by atoms with Crippen LogP contribution >= 0.6 is 0 Å². The number of aliphatic hydroxyl groups excluding tert-OH is 1. The van der Waals surface area contributed by atoms with Gasteiger partial charge in [0.25, 0.3) is 0 Å². The Morgan fingerprint density at radius 2 is 2.00 bits per heavy atom. The van der Waals surface area contributed by atoms with E-state index in [4.69, 9.17) is 9.47 Å². The third kappa shape index (κ3) is 4.45. The lowest BCUT2D eigenvalue weighted by atomic mass is 10.00. The van der Waals surface area contributed by atoms with E-state index < -0.39 is 0 Å². The number of nitrogens with one attached hydrogen (secondary N) is 1. The lowest BCUT2D eigenvalue weighted by Crippen LogP contribution is -2.33. The minimum Gasteiger partial charge on any atom is -0.496 e. The maximum Gasteiger partial charge on any atom is 0.124 e. The minimum atomic E-state index is -0.235. The van der Waals surface area contributed by atoms with Gasteiger partial charge in [-0.3, -0.25) is 0 Å². The number of benzene rings is 1. The SMILES string of the molecule is COCc1cc(C(C)NCC(O)C2CCCC2)ccc1OC. The third-order valence-electron chi connectivity index (χ3n) is 4.68. The summed E-state index contributed by atoms with van der Waals surface area (Å²) in [6, 6.07) is 6.35. The summed E-state index contributed by atoms with van der Waals surface area (Å²) in [6.45, 7) is 3.31. The van der Waals surface area contributed by atoms with Crippen LogP contribution in [-0.2, 0) is 11.3 Å². The first-order valence-electron chi connectivity index (χ1n) is 8.23. The average molecular weight is 307 g/mol. The smallest absolute Gasteiger partial charge is 0.124 e. The Morgan fingerprint density at radius 3 is 2.64 bits per heavy atom. The molecule has 2 unspecified atom stereocenters. The lowest BCUT2D eigenvalue weighted by molar-refractivity contribution is 0.106. The van der Waals surface area contributed by atoms with E-state index in [1.165, 1.54) is 18.4 Å². The molecule has 124 valence electrons. The Kier molecular flexibility index (Phi) is 6.68. The Bertz CT molecular complexity index is 458. The zero-order valence-electron chi connectivity index (χ0n) is 14.0. The van der Waals surface area contributed by atoms with Crippen LogP contribution in [0.25, 0.3) is 0 Å². The van der Waals surface area contributed by atoms with E-state index in [2.05, 4.69) is 24.4 Å². The van der Waals surface area contributed by atoms with Gasteiger partial charge in [0, 0.05) is 25.3 Å². The highest BCUT2D eigenvalue weighted by molar-refractivity contribution is 5.38. The fourth-order valence-electron chi connectivity index (χ4n) is 3.26. The Balaban J connectivity index is 1.93. The van der Waals surface area contributed by atoms with Crippen molar-refractivity contribution in [1.82, 2.24) is 5.32 Å². The van der Waals surface area contributed by atoms with Crippen LogP contribution in [-0.4, -0.2) is 32.0 Å². The van der Waals surface area contributed by atoms with Gasteiger partial charge in [-0.25, -0.2) is 0 Å². The van der Waals surface area contributed by atoms with Gasteiger partial charge in [0.15, 0.2) is 0 Å². The van der Waals surface area contributed by atoms with Gasteiger partial charge in [-0.15, -0.1) is 0 Å². The van der Waals surface area contributed by atoms with Crippen molar-refractivity contribution in [3.8, 4) is 5.75 Å². The van der Waals surface area contributed by atoms with Crippen molar-refractivity contribution in [2.24, 2.45) is 5.92 Å². The summed E-state index contributed by atoms with van der Waals surface area (Å²) in [5, 5.41) is 13.7. The topological polar surface area (TPSA) is 50.7 Å². The zero-order chi connectivity index (χ0) is 15.9. The molecule has 0 saturated heterocycles. The van der Waals surface area contributed by atoms with Crippen molar-refractivity contribution in [3.63, 3.8) is 0 Å². The Hall–Kier alpha value is -1.10. The summed E-state index contributed by atoms with van der Waals surface area (Å²) in [5.41, 5.74) is 2.24. The second kappa shape index (κ2) is 8.51. The van der Waals surface area contributed by atoms with Crippen LogP contribution in [0, 0.1) is 5.92 Å². The maximum absolute atomic E-state index is 10.3. The first kappa shape index (κ1) is 17.3. The summed E-state index contributed by atoms with van der Waals surface area (Å²) in [5.74, 6) is 1.32. The summed E-state index contributed by atoms with van der Waals surface area (Å²) >= 11 is 0. The highest BCUT2D eigenvalue weighted by atomic mass is 16.5. The second-order valence-corrected chi connectivity index (χ2v) is 6.25. The summed E-state index contributed by atoms with van der Waals surface area (Å²) < 4.78 is 10.6. The van der Waals surface area contributed by atoms with E-state index in [0.29, 0.717) is 19.1 Å². The van der Waals surface area contributed by atoms with Crippen LogP contribution in [0.5, 0.6) is 5.75 Å². The molecule has 0 bridgehead atoms. The van der Waals surface area contributed by atoms with Gasteiger partial charge >= 0.3 is 0 Å². The summed E-state index contributed by atoms with van der Waals surface area (Å²) in [7, 11) is 3.36. The molecule has 0 radical (unpaired) electrons. The highest BCUT2D eigenvalue weighted by Crippen LogP contribution is 2.28. The highest BCUT2D eigenvalue weighted by Gasteiger charge is 2.23. The molecule has 4 nitrogen and oxygen atoms in total. The molecule has 1 aromatic rings. The van der Waals surface area contributed by atoms with E-state index in [0.717, 1.165) is 24.2 Å². The monoisotopic (exact) mass is 307 g/mol. The van der Waals surface area contributed by atoms with E-state index >= 15 is 0 Å². The Labute approximate surface area is 133 Å². The largest absolute Gasteiger partial charge is 0.496 e. The molecule has 1 fully saturated rings. The fraction of sp³-hybridized carbons (Fsp3) is 0.667. The second-order valence-electron chi connectivity index (χ2n) is 6.25. The molecule has 0 spiro atoms. The van der Waals surface area contributed by atoms with Crippen molar-refractivity contribution >= 4 is 0 Å². The lowest BCUT2D eigenvalue weighted by Gasteiger charge is -2.22. The van der Waals surface area contributed by atoms with Crippen molar-refractivity contribution in [2.75, 3.05) is 20.8 Å². The number of rotatable bonds is 8. The molecule has 2 atom stereocenters. The number of hydrogen-bond acceptors (Lipinski definition) is 4. The van der Waals surface area contributed by atoms with Crippen LogP contribution in [0.15, 0.2) is 18.2 Å². The Morgan fingerprint density at radius 1 is 1.27 bits per heavy atom. The van der Waals surface area contributed by atoms with E-state index in [1.54, 1.807) is 14.2 Å². The van der Waals surface area contributed by atoms with Gasteiger partial charge < -0.3 is 19.9 Å². The minimum absolute atomic E-state index is 0.192. The van der Waals surface area contributed by atoms with Gasteiger partial charge in [-0.1, -0.05) is 18.9 Å². The van der Waals surface area contributed by atoms with Gasteiger partial charge in [-0.2, -0.15) is 0 Å². The first-order chi connectivity index (χ1) is 10.7. The van der Waals surface area contributed by atoms with Crippen LogP contribution in [0.4, 0.5) is 0 Å². The molecule has 1 aliphatic rings. The maximum atomic E-state index is 10.3. The average Bonchev–Trinajstić information content (AvgIpc) is 3.07. The molecule has 1 aliphatic carbocycles. The van der Waals surface area contributed by atoms with Crippen molar-refractivity contribution in [3.05, 3.63) is 29.3 Å². The van der Waals surface area contributed by atoms with Crippen molar-refractivity contribution in [2.45, 2.75) is 51.4 Å². The predicted octanol–water partition coefficient (Wildman–Crippen LogP) is 3.04. The summed E-state index contributed by atoms with van der Waals surface area (Å²) in [6.07, 6.45) is 4.61. The van der Waals surface area contributed by atoms with Gasteiger partial charge in [0.1, 0.15) is 5.75 Å². The summed E-state index contributed by atoms with van der Waals surface area (Å²) in [4.78, 5) is 0. The molecule has 0 amide bonds. The molecule has 0 aromatic heterocycles. The van der Waals surface area contributed by atoms with E-state index in [-0.39, 0.29) is 12.1 Å². The van der Waals surface area contributed by atoms with Crippen LogP contribution in [0.1, 0.15) is 49.8 Å². The molecule has 0 aliphatic heterocycles. The van der Waals surface area contributed by atoms with Crippen molar-refractivity contribution < 1.29 is 14.6 Å².